The molecule has 246 valence electrons. The van der Waals surface area contributed by atoms with Crippen LogP contribution in [0.15, 0.2) is 42.5 Å². The largest absolute Gasteiger partial charge is 0.481 e. The third kappa shape index (κ3) is 4.57. The van der Waals surface area contributed by atoms with Gasteiger partial charge in [-0.2, -0.15) is 0 Å². The van der Waals surface area contributed by atoms with Crippen molar-refractivity contribution in [1.29, 1.82) is 0 Å². The quantitative estimate of drug-likeness (QED) is 0.271. The van der Waals surface area contributed by atoms with E-state index in [4.69, 9.17) is 4.74 Å². The highest BCUT2D eigenvalue weighted by atomic mass is 16.6. The Labute approximate surface area is 272 Å². The lowest BCUT2D eigenvalue weighted by molar-refractivity contribution is -0.227. The first-order chi connectivity index (χ1) is 20.8. The Kier molecular flexibility index (Phi) is 7.47. The lowest BCUT2D eigenvalue weighted by atomic mass is 9.32. The molecule has 4 heteroatoms. The van der Waals surface area contributed by atoms with Gasteiger partial charge in [-0.15, -0.1) is 0 Å². The number of carboxylic acids is 1. The Balaban J connectivity index is 1.32. The van der Waals surface area contributed by atoms with Crippen molar-refractivity contribution in [3.63, 3.8) is 0 Å². The standard InChI is InChI=1S/C41H58O4/c1-25(2)28-17-22-41(35(43)44)24-23-39(9)30(33(28)41)15-16-32-38(8)20-18-29(37(6,7)31(38)19-21-40(32,39)10)26-11-13-27(14-12-26)34(42)45-36(3,4)5/h11-14,18,28,30-33H,1,15-17,19-24H2,2-10H3,(H,43,44)/t28-,30+,31-,32+,33+,38-,39+,40+,41-/m0/s1. The molecule has 4 saturated carbocycles. The maximum absolute atomic E-state index is 13.0. The lowest BCUT2D eigenvalue weighted by Crippen LogP contribution is -2.65. The molecule has 45 heavy (non-hydrogen) atoms. The van der Waals surface area contributed by atoms with Crippen LogP contribution in [0, 0.1) is 56.7 Å². The minimum absolute atomic E-state index is 0.00104. The van der Waals surface area contributed by atoms with Crippen LogP contribution >= 0.6 is 0 Å². The zero-order valence-electron chi connectivity index (χ0n) is 29.5. The van der Waals surface area contributed by atoms with Crippen LogP contribution in [0.3, 0.4) is 0 Å². The van der Waals surface area contributed by atoms with E-state index >= 15 is 0 Å². The van der Waals surface area contributed by atoms with Crippen molar-refractivity contribution >= 4 is 17.5 Å². The molecule has 1 aromatic carbocycles. The number of allylic oxidation sites excluding steroid dienone is 3. The molecule has 1 aromatic rings. The topological polar surface area (TPSA) is 63.6 Å². The molecule has 9 atom stereocenters. The Hall–Kier alpha value is -2.36. The molecule has 0 bridgehead atoms. The first-order valence-electron chi connectivity index (χ1n) is 17.8. The van der Waals surface area contributed by atoms with Gasteiger partial charge in [0.05, 0.1) is 11.0 Å². The Morgan fingerprint density at radius 2 is 1.53 bits per heavy atom. The number of benzene rings is 1. The van der Waals surface area contributed by atoms with Gasteiger partial charge in [0.2, 0.25) is 0 Å². The molecule has 0 unspecified atom stereocenters. The fourth-order valence-corrected chi connectivity index (χ4v) is 12.7. The number of esters is 1. The van der Waals surface area contributed by atoms with Crippen molar-refractivity contribution in [2.45, 2.75) is 126 Å². The van der Waals surface area contributed by atoms with Gasteiger partial charge in [0.1, 0.15) is 5.60 Å². The van der Waals surface area contributed by atoms with E-state index in [1.165, 1.54) is 36.0 Å². The van der Waals surface area contributed by atoms with Crippen molar-refractivity contribution in [1.82, 2.24) is 0 Å². The van der Waals surface area contributed by atoms with Crippen molar-refractivity contribution in [2.24, 2.45) is 56.7 Å². The molecule has 5 aliphatic rings. The zero-order valence-corrected chi connectivity index (χ0v) is 29.5. The Bertz CT molecular complexity index is 1430. The van der Waals surface area contributed by atoms with Gasteiger partial charge >= 0.3 is 11.9 Å². The smallest absolute Gasteiger partial charge is 0.338 e. The Morgan fingerprint density at radius 1 is 0.867 bits per heavy atom. The first kappa shape index (κ1) is 32.6. The summed E-state index contributed by atoms with van der Waals surface area (Å²) >= 11 is 0. The van der Waals surface area contributed by atoms with Gasteiger partial charge in [0, 0.05) is 0 Å². The molecule has 0 amide bonds. The molecule has 4 fully saturated rings. The third-order valence-corrected chi connectivity index (χ3v) is 14.9. The van der Waals surface area contributed by atoms with E-state index in [2.05, 4.69) is 66.3 Å². The molecule has 0 radical (unpaired) electrons. The average Bonchev–Trinajstić information content (AvgIpc) is 3.34. The fourth-order valence-electron chi connectivity index (χ4n) is 12.7. The van der Waals surface area contributed by atoms with Gasteiger partial charge in [-0.25, -0.2) is 4.79 Å². The summed E-state index contributed by atoms with van der Waals surface area (Å²) in [5.74, 6) is 1.34. The second kappa shape index (κ2) is 10.3. The second-order valence-corrected chi connectivity index (χ2v) is 18.3. The molecule has 0 saturated heterocycles. The number of fused-ring (bicyclic) bond motifs is 7. The molecule has 0 spiro atoms. The van der Waals surface area contributed by atoms with Crippen LogP contribution < -0.4 is 0 Å². The summed E-state index contributed by atoms with van der Waals surface area (Å²) in [6.07, 6.45) is 12.0. The predicted molar refractivity (Wildman–Crippen MR) is 182 cm³/mol. The number of carboxylic acid groups (broad SMARTS) is 1. The van der Waals surface area contributed by atoms with E-state index in [9.17, 15) is 14.7 Å². The van der Waals surface area contributed by atoms with Crippen molar-refractivity contribution < 1.29 is 19.4 Å². The van der Waals surface area contributed by atoms with Crippen LogP contribution in [0.5, 0.6) is 0 Å². The maximum Gasteiger partial charge on any atom is 0.338 e. The highest BCUT2D eigenvalue weighted by Gasteiger charge is 2.71. The number of carbonyl (C=O) groups excluding carboxylic acids is 1. The van der Waals surface area contributed by atoms with Crippen molar-refractivity contribution in [3.8, 4) is 0 Å². The Morgan fingerprint density at radius 3 is 2.13 bits per heavy atom. The highest BCUT2D eigenvalue weighted by molar-refractivity contribution is 5.90. The number of hydrogen-bond acceptors (Lipinski definition) is 3. The SMILES string of the molecule is C=C(C)[C@@H]1CC[C@]2(C(=O)O)CC[C@]3(C)[C@H](CC[C@@H]4[C@@]5(C)CC=C(c6ccc(C(=O)OC(C)(C)C)cc6)C(C)(C)[C@@H]5CC[C@]43C)[C@@H]12. The minimum Gasteiger partial charge on any atom is -0.481 e. The van der Waals surface area contributed by atoms with E-state index in [-0.39, 0.29) is 33.5 Å². The van der Waals surface area contributed by atoms with Gasteiger partial charge in [-0.1, -0.05) is 65.0 Å². The van der Waals surface area contributed by atoms with Crippen LogP contribution in [0.1, 0.15) is 136 Å². The van der Waals surface area contributed by atoms with Crippen LogP contribution in [-0.2, 0) is 9.53 Å². The molecule has 5 aliphatic carbocycles. The molecule has 0 aromatic heterocycles. The normalized spacial score (nSPS) is 41.9. The highest BCUT2D eigenvalue weighted by Crippen LogP contribution is 2.77. The zero-order chi connectivity index (χ0) is 33.0. The number of rotatable bonds is 4. The van der Waals surface area contributed by atoms with Crippen LogP contribution in [0.2, 0.25) is 0 Å². The van der Waals surface area contributed by atoms with E-state index in [1.807, 2.05) is 32.9 Å². The monoisotopic (exact) mass is 614 g/mol. The van der Waals surface area contributed by atoms with E-state index in [0.717, 1.165) is 38.5 Å². The fraction of sp³-hybridized carbons (Fsp3) is 0.707. The number of carbonyl (C=O) groups is 2. The molecule has 1 N–H and O–H groups in total. The molecule has 0 aliphatic heterocycles. The molecule has 0 heterocycles. The summed E-state index contributed by atoms with van der Waals surface area (Å²) in [4.78, 5) is 25.7. The van der Waals surface area contributed by atoms with Crippen LogP contribution in [0.4, 0.5) is 0 Å². The van der Waals surface area contributed by atoms with Gasteiger partial charge in [-0.3, -0.25) is 4.79 Å². The van der Waals surface area contributed by atoms with E-state index < -0.39 is 17.0 Å². The summed E-state index contributed by atoms with van der Waals surface area (Å²) in [5, 5.41) is 10.7. The summed E-state index contributed by atoms with van der Waals surface area (Å²) in [7, 11) is 0. The van der Waals surface area contributed by atoms with Gasteiger partial charge in [0.25, 0.3) is 0 Å². The van der Waals surface area contributed by atoms with Crippen LogP contribution in [0.25, 0.3) is 5.57 Å². The maximum atomic E-state index is 13.0. The van der Waals surface area contributed by atoms with Gasteiger partial charge in [-0.05, 0) is 160 Å². The summed E-state index contributed by atoms with van der Waals surface area (Å²) in [6, 6.07) is 8.08. The van der Waals surface area contributed by atoms with Gasteiger partial charge in [0.15, 0.2) is 0 Å². The molecular formula is C41H58O4. The van der Waals surface area contributed by atoms with Crippen LogP contribution in [-0.4, -0.2) is 22.6 Å². The molecule has 4 nitrogen and oxygen atoms in total. The number of aliphatic carboxylic acids is 1. The average molecular weight is 615 g/mol. The molecule has 6 rings (SSSR count). The third-order valence-electron chi connectivity index (χ3n) is 14.9. The summed E-state index contributed by atoms with van der Waals surface area (Å²) in [5.41, 5.74) is 3.84. The predicted octanol–water partition coefficient (Wildman–Crippen LogP) is 10.4. The van der Waals surface area contributed by atoms with E-state index in [1.54, 1.807) is 0 Å². The number of ether oxygens (including phenoxy) is 1. The van der Waals surface area contributed by atoms with Gasteiger partial charge < -0.3 is 9.84 Å². The molecular weight excluding hydrogens is 556 g/mol. The number of hydrogen-bond donors (Lipinski definition) is 1. The first-order valence-corrected chi connectivity index (χ1v) is 17.8. The van der Waals surface area contributed by atoms with E-state index in [0.29, 0.717) is 29.2 Å². The van der Waals surface area contributed by atoms with Crippen molar-refractivity contribution in [3.05, 3.63) is 53.6 Å². The lowest BCUT2D eigenvalue weighted by Gasteiger charge is -2.72. The summed E-state index contributed by atoms with van der Waals surface area (Å²) < 4.78 is 5.61. The minimum atomic E-state index is -0.568. The van der Waals surface area contributed by atoms with Crippen molar-refractivity contribution in [2.75, 3.05) is 0 Å². The summed E-state index contributed by atoms with van der Waals surface area (Å²) in [6.45, 7) is 24.9. The second-order valence-electron chi connectivity index (χ2n) is 18.3.